The number of halogens is 1. The molecule has 1 saturated heterocycles. The van der Waals surface area contributed by atoms with Crippen LogP contribution in [0.4, 0.5) is 20.6 Å². The number of hydrogen-bond donors (Lipinski definition) is 1. The average molecular weight is 309 g/mol. The standard InChI is InChI=1S/C16H24FN3O2/c1-16(2,3)22-15(21)20-9-5-8-19(10-11-20)13-7-4-6-12(17)14(13)18/h4,6-7H,5,8-11,18H2,1-3H3. The zero-order chi connectivity index (χ0) is 16.3. The second-order valence-electron chi connectivity index (χ2n) is 6.48. The lowest BCUT2D eigenvalue weighted by Crippen LogP contribution is -2.39. The summed E-state index contributed by atoms with van der Waals surface area (Å²) in [6.07, 6.45) is 0.483. The number of rotatable bonds is 1. The quantitative estimate of drug-likeness (QED) is 0.810. The van der Waals surface area contributed by atoms with E-state index in [4.69, 9.17) is 10.5 Å². The Kier molecular flexibility index (Phi) is 4.78. The molecule has 0 bridgehead atoms. The fourth-order valence-electron chi connectivity index (χ4n) is 2.47. The van der Waals surface area contributed by atoms with Crippen LogP contribution < -0.4 is 10.6 Å². The van der Waals surface area contributed by atoms with Crippen molar-refractivity contribution in [2.75, 3.05) is 36.8 Å². The predicted octanol–water partition coefficient (Wildman–Crippen LogP) is 2.86. The molecular formula is C16H24FN3O2. The number of nitrogens with two attached hydrogens (primary N) is 1. The molecule has 1 aromatic carbocycles. The fourth-order valence-corrected chi connectivity index (χ4v) is 2.47. The van der Waals surface area contributed by atoms with Gasteiger partial charge in [0.15, 0.2) is 0 Å². The van der Waals surface area contributed by atoms with Gasteiger partial charge in [0.2, 0.25) is 0 Å². The van der Waals surface area contributed by atoms with Crippen LogP contribution in [0, 0.1) is 5.82 Å². The molecule has 2 N–H and O–H groups in total. The van der Waals surface area contributed by atoms with Crippen molar-refractivity contribution in [3.8, 4) is 0 Å². The number of para-hydroxylation sites is 1. The summed E-state index contributed by atoms with van der Waals surface area (Å²) in [7, 11) is 0. The molecule has 1 aromatic rings. The Balaban J connectivity index is 2.04. The molecule has 0 aromatic heterocycles. The van der Waals surface area contributed by atoms with Gasteiger partial charge in [0.05, 0.1) is 11.4 Å². The number of nitrogens with zero attached hydrogens (tertiary/aromatic N) is 2. The van der Waals surface area contributed by atoms with Crippen LogP contribution in [0.1, 0.15) is 27.2 Å². The molecule has 0 unspecified atom stereocenters. The largest absolute Gasteiger partial charge is 0.444 e. The van der Waals surface area contributed by atoms with Crippen molar-refractivity contribution in [1.82, 2.24) is 4.90 Å². The van der Waals surface area contributed by atoms with E-state index in [9.17, 15) is 9.18 Å². The molecule has 1 amide bonds. The highest BCUT2D eigenvalue weighted by atomic mass is 19.1. The van der Waals surface area contributed by atoms with Gasteiger partial charge in [-0.1, -0.05) is 6.07 Å². The highest BCUT2D eigenvalue weighted by Gasteiger charge is 2.25. The minimum atomic E-state index is -0.504. The van der Waals surface area contributed by atoms with Crippen LogP contribution in [0.5, 0.6) is 0 Å². The number of carbonyl (C=O) groups excluding carboxylic acids is 1. The van der Waals surface area contributed by atoms with Crippen LogP contribution in [0.2, 0.25) is 0 Å². The lowest BCUT2D eigenvalue weighted by atomic mass is 10.2. The van der Waals surface area contributed by atoms with Crippen LogP contribution >= 0.6 is 0 Å². The Hall–Kier alpha value is -1.98. The topological polar surface area (TPSA) is 58.8 Å². The normalized spacial score (nSPS) is 16.4. The first-order valence-corrected chi connectivity index (χ1v) is 7.55. The Morgan fingerprint density at radius 1 is 1.23 bits per heavy atom. The van der Waals surface area contributed by atoms with Crippen molar-refractivity contribution < 1.29 is 13.9 Å². The number of nitrogen functional groups attached to an aromatic ring is 1. The monoisotopic (exact) mass is 309 g/mol. The fraction of sp³-hybridized carbons (Fsp3) is 0.562. The third-order valence-electron chi connectivity index (χ3n) is 3.52. The van der Waals surface area contributed by atoms with Crippen molar-refractivity contribution in [2.24, 2.45) is 0 Å². The second kappa shape index (κ2) is 6.42. The lowest BCUT2D eigenvalue weighted by molar-refractivity contribution is 0.0263. The minimum absolute atomic E-state index is 0.160. The molecule has 0 atom stereocenters. The minimum Gasteiger partial charge on any atom is -0.444 e. The first kappa shape index (κ1) is 16.4. The Labute approximate surface area is 130 Å². The van der Waals surface area contributed by atoms with Crippen LogP contribution in [0.25, 0.3) is 0 Å². The van der Waals surface area contributed by atoms with Gasteiger partial charge in [0, 0.05) is 26.2 Å². The number of carbonyl (C=O) groups is 1. The highest BCUT2D eigenvalue weighted by Crippen LogP contribution is 2.26. The van der Waals surface area contributed by atoms with E-state index in [1.807, 2.05) is 31.7 Å². The Morgan fingerprint density at radius 3 is 2.64 bits per heavy atom. The van der Waals surface area contributed by atoms with E-state index in [0.29, 0.717) is 25.3 Å². The summed E-state index contributed by atoms with van der Waals surface area (Å²) in [6.45, 7) is 8.04. The third-order valence-corrected chi connectivity index (χ3v) is 3.52. The summed E-state index contributed by atoms with van der Waals surface area (Å²) < 4.78 is 19.0. The van der Waals surface area contributed by atoms with Gasteiger partial charge < -0.3 is 20.3 Å². The van der Waals surface area contributed by atoms with E-state index in [2.05, 4.69) is 0 Å². The number of hydrogen-bond acceptors (Lipinski definition) is 4. The molecule has 0 saturated carbocycles. The van der Waals surface area contributed by atoms with Gasteiger partial charge in [-0.2, -0.15) is 0 Å². The van der Waals surface area contributed by atoms with Gasteiger partial charge in [-0.15, -0.1) is 0 Å². The van der Waals surface area contributed by atoms with E-state index < -0.39 is 11.4 Å². The first-order valence-electron chi connectivity index (χ1n) is 7.55. The molecule has 1 aliphatic rings. The molecule has 5 nitrogen and oxygen atoms in total. The van der Waals surface area contributed by atoms with Crippen LogP contribution in [0.15, 0.2) is 18.2 Å². The van der Waals surface area contributed by atoms with Crippen LogP contribution in [0.3, 0.4) is 0 Å². The maximum Gasteiger partial charge on any atom is 0.410 e. The summed E-state index contributed by atoms with van der Waals surface area (Å²) in [4.78, 5) is 15.8. The maximum absolute atomic E-state index is 13.6. The van der Waals surface area contributed by atoms with Crippen LogP contribution in [-0.2, 0) is 4.74 Å². The summed E-state index contributed by atoms with van der Waals surface area (Å²) in [5.74, 6) is -0.411. The summed E-state index contributed by atoms with van der Waals surface area (Å²) >= 11 is 0. The SMILES string of the molecule is CC(C)(C)OC(=O)N1CCCN(c2cccc(F)c2N)CC1. The van der Waals surface area contributed by atoms with Crippen molar-refractivity contribution in [2.45, 2.75) is 32.8 Å². The maximum atomic E-state index is 13.6. The summed E-state index contributed by atoms with van der Waals surface area (Å²) in [5.41, 5.74) is 6.16. The molecule has 122 valence electrons. The molecule has 0 spiro atoms. The molecule has 22 heavy (non-hydrogen) atoms. The van der Waals surface area contributed by atoms with Gasteiger partial charge >= 0.3 is 6.09 Å². The molecule has 2 rings (SSSR count). The number of benzene rings is 1. The van der Waals surface area contributed by atoms with Crippen molar-refractivity contribution in [3.05, 3.63) is 24.0 Å². The van der Waals surface area contributed by atoms with Gasteiger partial charge in [0.25, 0.3) is 0 Å². The zero-order valence-corrected chi connectivity index (χ0v) is 13.4. The second-order valence-corrected chi connectivity index (χ2v) is 6.48. The number of anilines is 2. The zero-order valence-electron chi connectivity index (χ0n) is 13.4. The lowest BCUT2D eigenvalue weighted by Gasteiger charge is -2.27. The van der Waals surface area contributed by atoms with E-state index in [1.54, 1.807) is 11.0 Å². The molecule has 1 aliphatic heterocycles. The van der Waals surface area contributed by atoms with Crippen molar-refractivity contribution >= 4 is 17.5 Å². The summed E-state index contributed by atoms with van der Waals surface area (Å²) in [5, 5.41) is 0. The molecule has 1 heterocycles. The molecular weight excluding hydrogens is 285 g/mol. The average Bonchev–Trinajstić information content (AvgIpc) is 2.66. The van der Waals surface area contributed by atoms with Crippen molar-refractivity contribution in [1.29, 1.82) is 0 Å². The number of ether oxygens (including phenoxy) is 1. The number of amides is 1. The van der Waals surface area contributed by atoms with Gasteiger partial charge in [-0.25, -0.2) is 9.18 Å². The van der Waals surface area contributed by atoms with Crippen LogP contribution in [-0.4, -0.2) is 42.8 Å². The van der Waals surface area contributed by atoms with Gasteiger partial charge in [-0.3, -0.25) is 0 Å². The van der Waals surface area contributed by atoms with Gasteiger partial charge in [0.1, 0.15) is 11.4 Å². The van der Waals surface area contributed by atoms with E-state index in [0.717, 1.165) is 13.0 Å². The third kappa shape index (κ3) is 4.02. The molecule has 1 fully saturated rings. The molecule has 0 radical (unpaired) electrons. The molecule has 0 aliphatic carbocycles. The Morgan fingerprint density at radius 2 is 1.95 bits per heavy atom. The predicted molar refractivity (Wildman–Crippen MR) is 85.4 cm³/mol. The van der Waals surface area contributed by atoms with E-state index in [-0.39, 0.29) is 11.8 Å². The van der Waals surface area contributed by atoms with E-state index >= 15 is 0 Å². The van der Waals surface area contributed by atoms with Gasteiger partial charge in [-0.05, 0) is 39.3 Å². The smallest absolute Gasteiger partial charge is 0.410 e. The van der Waals surface area contributed by atoms with Crippen molar-refractivity contribution in [3.63, 3.8) is 0 Å². The highest BCUT2D eigenvalue weighted by molar-refractivity contribution is 5.70. The summed E-state index contributed by atoms with van der Waals surface area (Å²) in [6, 6.07) is 4.81. The molecule has 6 heteroatoms. The first-order chi connectivity index (χ1) is 10.3. The van der Waals surface area contributed by atoms with E-state index in [1.165, 1.54) is 6.07 Å². The Bertz CT molecular complexity index is 543.